The van der Waals surface area contributed by atoms with E-state index in [0.717, 1.165) is 28.9 Å². The second-order valence-corrected chi connectivity index (χ2v) is 9.90. The van der Waals surface area contributed by atoms with Gasteiger partial charge in [-0.2, -0.15) is 4.98 Å². The number of hydrogen-bond donors (Lipinski definition) is 2. The maximum atomic E-state index is 13.2. The number of ketones is 1. The number of nitrogens with zero attached hydrogens (tertiary/aromatic N) is 2. The molecule has 3 N–H and O–H groups in total. The summed E-state index contributed by atoms with van der Waals surface area (Å²) in [6, 6.07) is 23.7. The molecular weight excluding hydrogens is 544 g/mol. The smallest absolute Gasteiger partial charge is 0.408 e. The fraction of sp³-hybridized carbons (Fsp3) is 0.290. The number of unbranched alkanes of at least 4 members (excludes halogenated alkanes) is 1. The highest BCUT2D eigenvalue weighted by atomic mass is 35.5. The minimum absolute atomic E-state index is 0.0922. The number of alkyl carbamates (subject to hydrolysis) is 1. The summed E-state index contributed by atoms with van der Waals surface area (Å²) in [5.74, 6) is 0.494. The Bertz CT molecular complexity index is 1380. The van der Waals surface area contributed by atoms with Gasteiger partial charge in [0.2, 0.25) is 17.5 Å². The van der Waals surface area contributed by atoms with Crippen LogP contribution in [0.5, 0.6) is 5.75 Å². The predicted molar refractivity (Wildman–Crippen MR) is 155 cm³/mol. The van der Waals surface area contributed by atoms with E-state index in [9.17, 15) is 9.59 Å². The lowest BCUT2D eigenvalue weighted by atomic mass is 10.0. The Morgan fingerprint density at radius 2 is 1.66 bits per heavy atom. The van der Waals surface area contributed by atoms with Crippen molar-refractivity contribution in [2.75, 3.05) is 13.2 Å². The van der Waals surface area contributed by atoms with Crippen LogP contribution < -0.4 is 15.8 Å². The summed E-state index contributed by atoms with van der Waals surface area (Å²) in [4.78, 5) is 29.9. The number of benzene rings is 3. The third-order valence-corrected chi connectivity index (χ3v) is 6.56. The molecule has 1 amide bonds. The quantitative estimate of drug-likeness (QED) is 0.139. The second kappa shape index (κ2) is 15.5. The molecule has 0 aliphatic heterocycles. The van der Waals surface area contributed by atoms with Crippen LogP contribution in [0.3, 0.4) is 0 Å². The maximum absolute atomic E-state index is 13.2. The topological polar surface area (TPSA) is 130 Å². The van der Waals surface area contributed by atoms with E-state index in [2.05, 4.69) is 15.5 Å². The first-order valence-corrected chi connectivity index (χ1v) is 13.9. The molecule has 0 saturated carbocycles. The van der Waals surface area contributed by atoms with Crippen LogP contribution in [-0.4, -0.2) is 41.2 Å². The normalized spacial score (nSPS) is 11.6. The van der Waals surface area contributed by atoms with E-state index in [-0.39, 0.29) is 18.3 Å². The number of rotatable bonds is 15. The zero-order valence-electron chi connectivity index (χ0n) is 22.6. The number of carbonyl (C=O) groups excluding carboxylic acids is 2. The van der Waals surface area contributed by atoms with Crippen molar-refractivity contribution in [3.8, 4) is 5.75 Å². The van der Waals surface area contributed by atoms with Crippen molar-refractivity contribution in [3.63, 3.8) is 0 Å². The van der Waals surface area contributed by atoms with E-state index in [0.29, 0.717) is 43.9 Å². The summed E-state index contributed by atoms with van der Waals surface area (Å²) < 4.78 is 16.5. The molecule has 3 aromatic carbocycles. The van der Waals surface area contributed by atoms with E-state index in [4.69, 9.17) is 31.3 Å². The summed E-state index contributed by atoms with van der Waals surface area (Å²) in [6.07, 6.45) is 2.15. The van der Waals surface area contributed by atoms with Gasteiger partial charge in [-0.15, -0.1) is 0 Å². The Morgan fingerprint density at radius 1 is 0.927 bits per heavy atom. The lowest BCUT2D eigenvalue weighted by Crippen LogP contribution is -2.41. The fourth-order valence-electron chi connectivity index (χ4n) is 4.07. The van der Waals surface area contributed by atoms with E-state index in [1.165, 1.54) is 0 Å². The molecule has 1 aromatic heterocycles. The first-order valence-electron chi connectivity index (χ1n) is 13.5. The lowest BCUT2D eigenvalue weighted by Gasteiger charge is -2.16. The standard InChI is InChI=1S/C31H33ClN4O5/c32-25-13-9-22(10-14-25)17-19-39-26-15-11-23(12-16-26)20-28-35-30(36-41-28)29(37)27(8-4-5-18-33)34-31(38)40-21-24-6-2-1-3-7-24/h1-3,6-7,9-16,27H,4-5,8,17-21,33H2,(H,34,38)/t27-/m0/s1. The van der Waals surface area contributed by atoms with Crippen molar-refractivity contribution in [2.45, 2.75) is 44.8 Å². The zero-order chi connectivity index (χ0) is 28.9. The van der Waals surface area contributed by atoms with Crippen LogP contribution in [0, 0.1) is 0 Å². The fourth-order valence-corrected chi connectivity index (χ4v) is 4.19. The van der Waals surface area contributed by atoms with Gasteiger partial charge in [-0.25, -0.2) is 4.79 Å². The molecule has 0 aliphatic rings. The van der Waals surface area contributed by atoms with Crippen LogP contribution in [-0.2, 0) is 24.2 Å². The Hall–Kier alpha value is -4.21. The molecule has 1 atom stereocenters. The van der Waals surface area contributed by atoms with Gasteiger partial charge in [0.1, 0.15) is 12.4 Å². The highest BCUT2D eigenvalue weighted by molar-refractivity contribution is 6.30. The number of halogens is 1. The van der Waals surface area contributed by atoms with Crippen LogP contribution >= 0.6 is 11.6 Å². The van der Waals surface area contributed by atoms with Crippen LogP contribution in [0.2, 0.25) is 5.02 Å². The van der Waals surface area contributed by atoms with Gasteiger partial charge in [-0.3, -0.25) is 4.79 Å². The zero-order valence-corrected chi connectivity index (χ0v) is 23.4. The highest BCUT2D eigenvalue weighted by Crippen LogP contribution is 2.17. The van der Waals surface area contributed by atoms with Crippen molar-refractivity contribution in [2.24, 2.45) is 5.73 Å². The van der Waals surface area contributed by atoms with Gasteiger partial charge in [0.15, 0.2) is 0 Å². The van der Waals surface area contributed by atoms with Gasteiger partial charge in [-0.05, 0) is 66.8 Å². The summed E-state index contributed by atoms with van der Waals surface area (Å²) >= 11 is 5.93. The van der Waals surface area contributed by atoms with Crippen LogP contribution in [0.4, 0.5) is 4.79 Å². The van der Waals surface area contributed by atoms with Crippen molar-refractivity contribution in [1.29, 1.82) is 0 Å². The first-order chi connectivity index (χ1) is 20.0. The molecule has 0 radical (unpaired) electrons. The monoisotopic (exact) mass is 576 g/mol. The van der Waals surface area contributed by atoms with Crippen molar-refractivity contribution in [3.05, 3.63) is 112 Å². The number of amides is 1. The number of Topliss-reactive ketones (excluding diaryl/α,β-unsaturated/α-hetero) is 1. The lowest BCUT2D eigenvalue weighted by molar-refractivity contribution is 0.0896. The van der Waals surface area contributed by atoms with Gasteiger partial charge in [0.05, 0.1) is 19.1 Å². The third kappa shape index (κ3) is 9.73. The van der Waals surface area contributed by atoms with Gasteiger partial charge < -0.3 is 25.0 Å². The number of hydrogen-bond acceptors (Lipinski definition) is 8. The molecular formula is C31H33ClN4O5. The molecule has 0 unspecified atom stereocenters. The summed E-state index contributed by atoms with van der Waals surface area (Å²) in [6.45, 7) is 1.11. The molecule has 0 spiro atoms. The van der Waals surface area contributed by atoms with Crippen molar-refractivity contribution < 1.29 is 23.6 Å². The molecule has 0 fully saturated rings. The van der Waals surface area contributed by atoms with E-state index >= 15 is 0 Å². The molecule has 9 nitrogen and oxygen atoms in total. The third-order valence-electron chi connectivity index (χ3n) is 6.31. The Morgan fingerprint density at radius 3 is 2.39 bits per heavy atom. The van der Waals surface area contributed by atoms with Crippen molar-refractivity contribution in [1.82, 2.24) is 15.5 Å². The summed E-state index contributed by atoms with van der Waals surface area (Å²) in [5, 5.41) is 7.22. The SMILES string of the molecule is NCCCC[C@H](NC(=O)OCc1ccccc1)C(=O)c1noc(Cc2ccc(OCCc3ccc(Cl)cc3)cc2)n1. The van der Waals surface area contributed by atoms with Crippen LogP contribution in [0.1, 0.15) is 52.5 Å². The van der Waals surface area contributed by atoms with Gasteiger partial charge in [0.25, 0.3) is 0 Å². The maximum Gasteiger partial charge on any atom is 0.408 e. The average molecular weight is 577 g/mol. The number of carbonyl (C=O) groups is 2. The summed E-state index contributed by atoms with van der Waals surface area (Å²) in [7, 11) is 0. The minimum Gasteiger partial charge on any atom is -0.493 e. The molecule has 10 heteroatoms. The summed E-state index contributed by atoms with van der Waals surface area (Å²) in [5.41, 5.74) is 8.51. The number of aromatic nitrogens is 2. The van der Waals surface area contributed by atoms with Gasteiger partial charge in [-0.1, -0.05) is 71.4 Å². The largest absolute Gasteiger partial charge is 0.493 e. The molecule has 0 bridgehead atoms. The minimum atomic E-state index is -0.862. The van der Waals surface area contributed by atoms with E-state index in [1.54, 1.807) is 0 Å². The Kier molecular flexibility index (Phi) is 11.3. The van der Waals surface area contributed by atoms with E-state index < -0.39 is 17.9 Å². The Balaban J connectivity index is 1.29. The Labute approximate surface area is 244 Å². The first kappa shape index (κ1) is 29.8. The molecule has 1 heterocycles. The van der Waals surface area contributed by atoms with Crippen LogP contribution in [0.25, 0.3) is 0 Å². The molecule has 0 aliphatic carbocycles. The second-order valence-electron chi connectivity index (χ2n) is 9.46. The molecule has 41 heavy (non-hydrogen) atoms. The molecule has 4 rings (SSSR count). The van der Waals surface area contributed by atoms with Crippen molar-refractivity contribution >= 4 is 23.5 Å². The predicted octanol–water partition coefficient (Wildman–Crippen LogP) is 5.54. The van der Waals surface area contributed by atoms with Gasteiger partial charge >= 0.3 is 6.09 Å². The average Bonchev–Trinajstić information content (AvgIpc) is 3.46. The van der Waals surface area contributed by atoms with Gasteiger partial charge in [0, 0.05) is 11.4 Å². The number of nitrogens with two attached hydrogens (primary N) is 1. The molecule has 0 saturated heterocycles. The number of nitrogens with one attached hydrogen (secondary N) is 1. The highest BCUT2D eigenvalue weighted by Gasteiger charge is 2.27. The molecule has 214 valence electrons. The van der Waals surface area contributed by atoms with Crippen LogP contribution in [0.15, 0.2) is 83.4 Å². The molecule has 4 aromatic rings. The number of ether oxygens (including phenoxy) is 2. The van der Waals surface area contributed by atoms with E-state index in [1.807, 2.05) is 78.9 Å².